The average molecular weight is 197 g/mol. The summed E-state index contributed by atoms with van der Waals surface area (Å²) in [5.74, 6) is 0.0370. The molecule has 0 bridgehead atoms. The first kappa shape index (κ1) is 10.5. The minimum Gasteiger partial charge on any atom is -0.491 e. The summed E-state index contributed by atoms with van der Waals surface area (Å²) in [7, 11) is 0. The Bertz CT molecular complexity index is 308. The lowest BCUT2D eigenvalue weighted by Gasteiger charge is -2.06. The highest BCUT2D eigenvalue weighted by Gasteiger charge is 2.02. The second-order valence-corrected chi connectivity index (χ2v) is 2.98. The molecule has 1 aromatic carbocycles. The molecule has 0 unspecified atom stereocenters. The van der Waals surface area contributed by atoms with Crippen LogP contribution < -0.4 is 10.5 Å². The fraction of sp³-hybridized carbons (Fsp3) is 0.300. The molecule has 0 aliphatic carbocycles. The highest BCUT2D eigenvalue weighted by Crippen LogP contribution is 2.12. The van der Waals surface area contributed by atoms with Crippen LogP contribution in [0.4, 0.5) is 4.39 Å². The maximum atomic E-state index is 12.4. The van der Waals surface area contributed by atoms with Gasteiger partial charge < -0.3 is 10.5 Å². The third-order valence-corrected chi connectivity index (χ3v) is 1.62. The number of hydrogen-bond acceptors (Lipinski definition) is 2. The van der Waals surface area contributed by atoms with E-state index in [4.69, 9.17) is 10.5 Å². The molecule has 4 heteroatoms. The Kier molecular flexibility index (Phi) is 3.45. The topological polar surface area (TPSA) is 52.3 Å². The zero-order valence-corrected chi connectivity index (χ0v) is 7.87. The number of alkyl halides is 1. The molecule has 1 aromatic rings. The standard InChI is InChI=1S/C10H12FNO2/c1-7(11)6-14-9-4-2-8(3-5-9)10(12)13/h2-5,7H,6H2,1H3,(H2,12,13)/t7-/m1/s1. The van der Waals surface area contributed by atoms with Crippen molar-refractivity contribution in [3.8, 4) is 5.75 Å². The van der Waals surface area contributed by atoms with Crippen molar-refractivity contribution in [3.63, 3.8) is 0 Å². The Morgan fingerprint density at radius 3 is 2.50 bits per heavy atom. The van der Waals surface area contributed by atoms with E-state index in [1.54, 1.807) is 24.3 Å². The average Bonchev–Trinajstić information content (AvgIpc) is 2.15. The van der Waals surface area contributed by atoms with Gasteiger partial charge in [0.25, 0.3) is 0 Å². The van der Waals surface area contributed by atoms with Gasteiger partial charge in [-0.3, -0.25) is 4.79 Å². The molecule has 0 saturated carbocycles. The third kappa shape index (κ3) is 3.05. The molecule has 0 fully saturated rings. The van der Waals surface area contributed by atoms with Crippen LogP contribution >= 0.6 is 0 Å². The summed E-state index contributed by atoms with van der Waals surface area (Å²) in [6.45, 7) is 1.42. The summed E-state index contributed by atoms with van der Waals surface area (Å²) in [5.41, 5.74) is 5.45. The number of rotatable bonds is 4. The van der Waals surface area contributed by atoms with Crippen molar-refractivity contribution in [2.24, 2.45) is 5.73 Å². The van der Waals surface area contributed by atoms with Crippen molar-refractivity contribution in [3.05, 3.63) is 29.8 Å². The molecule has 0 spiro atoms. The number of ether oxygens (including phenoxy) is 1. The molecule has 14 heavy (non-hydrogen) atoms. The van der Waals surface area contributed by atoms with Gasteiger partial charge in [0.1, 0.15) is 18.5 Å². The lowest BCUT2D eigenvalue weighted by molar-refractivity contribution is 0.1000. The Morgan fingerprint density at radius 1 is 1.50 bits per heavy atom. The van der Waals surface area contributed by atoms with E-state index in [1.807, 2.05) is 0 Å². The van der Waals surface area contributed by atoms with Crippen LogP contribution in [0.2, 0.25) is 0 Å². The Balaban J connectivity index is 2.60. The van der Waals surface area contributed by atoms with Crippen LogP contribution in [0.3, 0.4) is 0 Å². The zero-order chi connectivity index (χ0) is 10.6. The maximum Gasteiger partial charge on any atom is 0.248 e. The molecular weight excluding hydrogens is 185 g/mol. The van der Waals surface area contributed by atoms with Gasteiger partial charge in [0.05, 0.1) is 0 Å². The molecule has 0 heterocycles. The van der Waals surface area contributed by atoms with Crippen LogP contribution in [0.5, 0.6) is 5.75 Å². The number of hydrogen-bond donors (Lipinski definition) is 1. The normalized spacial score (nSPS) is 12.1. The summed E-state index contributed by atoms with van der Waals surface area (Å²) >= 11 is 0. The van der Waals surface area contributed by atoms with E-state index in [2.05, 4.69) is 0 Å². The molecule has 0 aliphatic heterocycles. The Labute approximate surface area is 81.7 Å². The van der Waals surface area contributed by atoms with Gasteiger partial charge in [0.2, 0.25) is 5.91 Å². The summed E-state index contributed by atoms with van der Waals surface area (Å²) < 4.78 is 17.5. The summed E-state index contributed by atoms with van der Waals surface area (Å²) in [6.07, 6.45) is -1.01. The van der Waals surface area contributed by atoms with Crippen molar-refractivity contribution in [2.45, 2.75) is 13.1 Å². The van der Waals surface area contributed by atoms with Crippen molar-refractivity contribution in [1.82, 2.24) is 0 Å². The van der Waals surface area contributed by atoms with Crippen LogP contribution in [-0.4, -0.2) is 18.7 Å². The molecule has 0 radical (unpaired) electrons. The van der Waals surface area contributed by atoms with Gasteiger partial charge in [-0.05, 0) is 31.2 Å². The van der Waals surface area contributed by atoms with Gasteiger partial charge >= 0.3 is 0 Å². The maximum absolute atomic E-state index is 12.4. The van der Waals surface area contributed by atoms with E-state index in [0.717, 1.165) is 0 Å². The second-order valence-electron chi connectivity index (χ2n) is 2.98. The van der Waals surface area contributed by atoms with Crippen molar-refractivity contribution < 1.29 is 13.9 Å². The Hall–Kier alpha value is -1.58. The summed E-state index contributed by atoms with van der Waals surface area (Å²) in [4.78, 5) is 10.7. The number of primary amides is 1. The number of carbonyl (C=O) groups excluding carboxylic acids is 1. The molecule has 1 atom stereocenters. The molecule has 2 N–H and O–H groups in total. The number of halogens is 1. The van der Waals surface area contributed by atoms with Gasteiger partial charge in [0.15, 0.2) is 0 Å². The third-order valence-electron chi connectivity index (χ3n) is 1.62. The van der Waals surface area contributed by atoms with Crippen molar-refractivity contribution in [1.29, 1.82) is 0 Å². The summed E-state index contributed by atoms with van der Waals surface area (Å²) in [5, 5.41) is 0. The largest absolute Gasteiger partial charge is 0.491 e. The SMILES string of the molecule is C[C@@H](F)COc1ccc(C(N)=O)cc1. The van der Waals surface area contributed by atoms with E-state index in [0.29, 0.717) is 11.3 Å². The quantitative estimate of drug-likeness (QED) is 0.795. The molecule has 1 amide bonds. The van der Waals surface area contributed by atoms with Crippen molar-refractivity contribution in [2.75, 3.05) is 6.61 Å². The predicted octanol–water partition coefficient (Wildman–Crippen LogP) is 1.52. The fourth-order valence-electron chi connectivity index (χ4n) is 0.926. The minimum absolute atomic E-state index is 0.00984. The second kappa shape index (κ2) is 4.60. The van der Waals surface area contributed by atoms with Crippen LogP contribution in [0.1, 0.15) is 17.3 Å². The molecule has 76 valence electrons. The molecule has 0 saturated heterocycles. The van der Waals surface area contributed by atoms with Gasteiger partial charge in [-0.15, -0.1) is 0 Å². The monoisotopic (exact) mass is 197 g/mol. The highest BCUT2D eigenvalue weighted by molar-refractivity contribution is 5.92. The van der Waals surface area contributed by atoms with Gasteiger partial charge in [-0.1, -0.05) is 0 Å². The predicted molar refractivity (Wildman–Crippen MR) is 51.0 cm³/mol. The van der Waals surface area contributed by atoms with Crippen molar-refractivity contribution >= 4 is 5.91 Å². The first-order valence-corrected chi connectivity index (χ1v) is 4.26. The molecular formula is C10H12FNO2. The zero-order valence-electron chi connectivity index (χ0n) is 7.87. The van der Waals surface area contributed by atoms with Crippen LogP contribution in [-0.2, 0) is 0 Å². The number of nitrogens with two attached hydrogens (primary N) is 1. The van der Waals surface area contributed by atoms with Crippen LogP contribution in [0.25, 0.3) is 0 Å². The molecule has 1 rings (SSSR count). The smallest absolute Gasteiger partial charge is 0.248 e. The van der Waals surface area contributed by atoms with Gasteiger partial charge in [-0.2, -0.15) is 0 Å². The first-order chi connectivity index (χ1) is 6.59. The van der Waals surface area contributed by atoms with E-state index in [1.165, 1.54) is 6.92 Å². The van der Waals surface area contributed by atoms with E-state index in [-0.39, 0.29) is 6.61 Å². The lowest BCUT2D eigenvalue weighted by Crippen LogP contribution is -2.11. The van der Waals surface area contributed by atoms with Gasteiger partial charge in [0, 0.05) is 5.56 Å². The lowest BCUT2D eigenvalue weighted by atomic mass is 10.2. The molecule has 3 nitrogen and oxygen atoms in total. The first-order valence-electron chi connectivity index (χ1n) is 4.26. The van der Waals surface area contributed by atoms with E-state index >= 15 is 0 Å². The van der Waals surface area contributed by atoms with E-state index in [9.17, 15) is 9.18 Å². The number of benzene rings is 1. The van der Waals surface area contributed by atoms with E-state index < -0.39 is 12.1 Å². The van der Waals surface area contributed by atoms with Gasteiger partial charge in [-0.25, -0.2) is 4.39 Å². The minimum atomic E-state index is -1.01. The Morgan fingerprint density at radius 2 is 2.07 bits per heavy atom. The fourth-order valence-corrected chi connectivity index (χ4v) is 0.926. The molecule has 0 aliphatic rings. The van der Waals surface area contributed by atoms with Crippen LogP contribution in [0.15, 0.2) is 24.3 Å². The number of carbonyl (C=O) groups is 1. The van der Waals surface area contributed by atoms with Crippen LogP contribution in [0, 0.1) is 0 Å². The summed E-state index contributed by atoms with van der Waals surface area (Å²) in [6, 6.07) is 6.26. The molecule has 0 aromatic heterocycles. The number of amides is 1. The highest BCUT2D eigenvalue weighted by atomic mass is 19.1.